The molecule has 0 saturated heterocycles. The molecule has 1 heterocycles. The summed E-state index contributed by atoms with van der Waals surface area (Å²) in [6.07, 6.45) is 1.80. The number of aryl methyl sites for hydroxylation is 1. The van der Waals surface area contributed by atoms with E-state index in [1.807, 2.05) is 41.1 Å². The quantitative estimate of drug-likeness (QED) is 0.692. The van der Waals surface area contributed by atoms with Gasteiger partial charge in [0.05, 0.1) is 17.4 Å². The first-order chi connectivity index (χ1) is 10.2. The van der Waals surface area contributed by atoms with E-state index in [9.17, 15) is 0 Å². The highest BCUT2D eigenvalue weighted by Crippen LogP contribution is 2.27. The average Bonchev–Trinajstić information content (AvgIpc) is 3.00. The third-order valence-corrected chi connectivity index (χ3v) is 5.02. The summed E-state index contributed by atoms with van der Waals surface area (Å²) >= 11 is 2.36. The number of nitrogens with two attached hydrogens (primary N) is 1. The Balaban J connectivity index is 2.06. The molecular formula is C17H16IN3. The number of nitrogens with zero attached hydrogens (tertiary/aromatic N) is 2. The molecule has 0 aliphatic heterocycles. The summed E-state index contributed by atoms with van der Waals surface area (Å²) in [7, 11) is 0. The van der Waals surface area contributed by atoms with E-state index in [1.165, 1.54) is 9.13 Å². The first kappa shape index (κ1) is 14.3. The Hall–Kier alpha value is -1.66. The number of aromatic nitrogens is 2. The Morgan fingerprint density at radius 2 is 1.81 bits per heavy atom. The van der Waals surface area contributed by atoms with Crippen molar-refractivity contribution in [2.24, 2.45) is 5.73 Å². The highest BCUT2D eigenvalue weighted by Gasteiger charge is 2.17. The normalized spacial score (nSPS) is 12.3. The number of benzene rings is 2. The van der Waals surface area contributed by atoms with Gasteiger partial charge in [0.2, 0.25) is 0 Å². The van der Waals surface area contributed by atoms with Crippen LogP contribution in [0.4, 0.5) is 0 Å². The van der Waals surface area contributed by atoms with E-state index >= 15 is 0 Å². The summed E-state index contributed by atoms with van der Waals surface area (Å²) in [5, 5.41) is 4.42. The van der Waals surface area contributed by atoms with Crippen molar-refractivity contribution in [3.8, 4) is 5.69 Å². The van der Waals surface area contributed by atoms with Gasteiger partial charge in [-0.05, 0) is 58.8 Å². The Kier molecular flexibility index (Phi) is 4.07. The predicted octanol–water partition coefficient (Wildman–Crippen LogP) is 3.83. The SMILES string of the molecule is Cc1cccc(C(N)c2ccnn2-c2ccccc2)c1I. The van der Waals surface area contributed by atoms with Gasteiger partial charge >= 0.3 is 0 Å². The van der Waals surface area contributed by atoms with Gasteiger partial charge in [-0.2, -0.15) is 5.10 Å². The van der Waals surface area contributed by atoms with Crippen molar-refractivity contribution in [1.29, 1.82) is 0 Å². The lowest BCUT2D eigenvalue weighted by molar-refractivity contribution is 0.736. The molecule has 106 valence electrons. The average molecular weight is 389 g/mol. The Bertz CT molecular complexity index is 750. The smallest absolute Gasteiger partial charge is 0.0738 e. The maximum absolute atomic E-state index is 6.50. The van der Waals surface area contributed by atoms with Crippen molar-refractivity contribution in [2.75, 3.05) is 0 Å². The minimum Gasteiger partial charge on any atom is -0.319 e. The maximum Gasteiger partial charge on any atom is 0.0738 e. The first-order valence-electron chi connectivity index (χ1n) is 6.78. The first-order valence-corrected chi connectivity index (χ1v) is 7.86. The molecule has 0 radical (unpaired) electrons. The van der Waals surface area contributed by atoms with Crippen molar-refractivity contribution in [3.05, 3.63) is 81.2 Å². The molecule has 4 heteroatoms. The van der Waals surface area contributed by atoms with Gasteiger partial charge in [-0.15, -0.1) is 0 Å². The van der Waals surface area contributed by atoms with Crippen LogP contribution in [0.1, 0.15) is 22.9 Å². The number of hydrogen-bond donors (Lipinski definition) is 1. The molecule has 1 aromatic heterocycles. The van der Waals surface area contributed by atoms with Crippen molar-refractivity contribution in [1.82, 2.24) is 9.78 Å². The van der Waals surface area contributed by atoms with E-state index in [2.05, 4.69) is 52.8 Å². The van der Waals surface area contributed by atoms with E-state index in [-0.39, 0.29) is 6.04 Å². The van der Waals surface area contributed by atoms with E-state index in [0.29, 0.717) is 0 Å². The molecule has 2 N–H and O–H groups in total. The predicted molar refractivity (Wildman–Crippen MR) is 93.5 cm³/mol. The summed E-state index contributed by atoms with van der Waals surface area (Å²) in [6, 6.07) is 18.1. The molecule has 1 atom stereocenters. The topological polar surface area (TPSA) is 43.8 Å². The summed E-state index contributed by atoms with van der Waals surface area (Å²) < 4.78 is 3.12. The van der Waals surface area contributed by atoms with Gasteiger partial charge in [0, 0.05) is 9.77 Å². The standard InChI is InChI=1S/C17H16IN3/c1-12-6-5-9-14(16(12)18)17(19)15-10-11-20-21(15)13-7-3-2-4-8-13/h2-11,17H,19H2,1H3. The molecule has 0 bridgehead atoms. The molecule has 0 aliphatic carbocycles. The largest absolute Gasteiger partial charge is 0.319 e. The van der Waals surface area contributed by atoms with Gasteiger partial charge in [-0.25, -0.2) is 4.68 Å². The molecule has 21 heavy (non-hydrogen) atoms. The molecule has 0 amide bonds. The van der Waals surface area contributed by atoms with Gasteiger partial charge < -0.3 is 5.73 Å². The zero-order valence-electron chi connectivity index (χ0n) is 11.7. The van der Waals surface area contributed by atoms with Gasteiger partial charge in [-0.3, -0.25) is 0 Å². The molecule has 2 aromatic carbocycles. The van der Waals surface area contributed by atoms with E-state index in [4.69, 9.17) is 5.73 Å². The van der Waals surface area contributed by atoms with Gasteiger partial charge in [-0.1, -0.05) is 36.4 Å². The van der Waals surface area contributed by atoms with Crippen molar-refractivity contribution >= 4 is 22.6 Å². The summed E-state index contributed by atoms with van der Waals surface area (Å²) in [5.41, 5.74) is 10.9. The summed E-state index contributed by atoms with van der Waals surface area (Å²) in [6.45, 7) is 2.10. The van der Waals surface area contributed by atoms with E-state index < -0.39 is 0 Å². The van der Waals surface area contributed by atoms with Crippen LogP contribution in [0.3, 0.4) is 0 Å². The molecule has 3 rings (SSSR count). The fraction of sp³-hybridized carbons (Fsp3) is 0.118. The third kappa shape index (κ3) is 2.73. The lowest BCUT2D eigenvalue weighted by Crippen LogP contribution is -2.18. The molecule has 1 unspecified atom stereocenters. The number of halogens is 1. The van der Waals surface area contributed by atoms with Crippen LogP contribution < -0.4 is 5.73 Å². The van der Waals surface area contributed by atoms with Crippen LogP contribution in [0.15, 0.2) is 60.8 Å². The van der Waals surface area contributed by atoms with Crippen LogP contribution in [0.5, 0.6) is 0 Å². The second-order valence-electron chi connectivity index (χ2n) is 4.96. The zero-order valence-corrected chi connectivity index (χ0v) is 13.9. The van der Waals surface area contributed by atoms with Crippen molar-refractivity contribution in [3.63, 3.8) is 0 Å². The van der Waals surface area contributed by atoms with Crippen LogP contribution in [-0.4, -0.2) is 9.78 Å². The molecule has 3 aromatic rings. The van der Waals surface area contributed by atoms with Crippen LogP contribution in [0, 0.1) is 10.5 Å². The molecule has 0 spiro atoms. The van der Waals surface area contributed by atoms with Crippen LogP contribution >= 0.6 is 22.6 Å². The number of hydrogen-bond acceptors (Lipinski definition) is 2. The van der Waals surface area contributed by atoms with Crippen LogP contribution in [0.2, 0.25) is 0 Å². The second kappa shape index (κ2) is 5.99. The highest BCUT2D eigenvalue weighted by molar-refractivity contribution is 14.1. The fourth-order valence-electron chi connectivity index (χ4n) is 2.40. The molecular weight excluding hydrogens is 373 g/mol. The van der Waals surface area contributed by atoms with E-state index in [0.717, 1.165) is 16.9 Å². The molecule has 0 saturated carbocycles. The maximum atomic E-state index is 6.50. The minimum absolute atomic E-state index is 0.195. The van der Waals surface area contributed by atoms with E-state index in [1.54, 1.807) is 6.20 Å². The molecule has 3 nitrogen and oxygen atoms in total. The number of rotatable bonds is 3. The summed E-state index contributed by atoms with van der Waals surface area (Å²) in [5.74, 6) is 0. The molecule has 0 fully saturated rings. The lowest BCUT2D eigenvalue weighted by Gasteiger charge is -2.17. The number of para-hydroxylation sites is 1. The summed E-state index contributed by atoms with van der Waals surface area (Å²) in [4.78, 5) is 0. The zero-order chi connectivity index (χ0) is 14.8. The lowest BCUT2D eigenvalue weighted by atomic mass is 10.0. The van der Waals surface area contributed by atoms with Gasteiger partial charge in [0.1, 0.15) is 0 Å². The van der Waals surface area contributed by atoms with Crippen molar-refractivity contribution in [2.45, 2.75) is 13.0 Å². The Morgan fingerprint density at radius 1 is 1.05 bits per heavy atom. The Labute approximate surface area is 137 Å². The van der Waals surface area contributed by atoms with Gasteiger partial charge in [0.25, 0.3) is 0 Å². The van der Waals surface area contributed by atoms with Crippen LogP contribution in [-0.2, 0) is 0 Å². The fourth-order valence-corrected chi connectivity index (χ4v) is 3.10. The third-order valence-electron chi connectivity index (χ3n) is 3.55. The highest BCUT2D eigenvalue weighted by atomic mass is 127. The molecule has 0 aliphatic rings. The Morgan fingerprint density at radius 3 is 2.57 bits per heavy atom. The van der Waals surface area contributed by atoms with Crippen molar-refractivity contribution < 1.29 is 0 Å². The van der Waals surface area contributed by atoms with Crippen LogP contribution in [0.25, 0.3) is 5.69 Å². The minimum atomic E-state index is -0.195. The monoisotopic (exact) mass is 389 g/mol. The van der Waals surface area contributed by atoms with Gasteiger partial charge in [0.15, 0.2) is 0 Å². The second-order valence-corrected chi connectivity index (χ2v) is 6.04.